The van der Waals surface area contributed by atoms with Crippen LogP contribution in [0.1, 0.15) is 16.7 Å². The lowest BCUT2D eigenvalue weighted by molar-refractivity contribution is -0.122. The Bertz CT molecular complexity index is 1350. The summed E-state index contributed by atoms with van der Waals surface area (Å²) in [6.07, 6.45) is 1.61. The van der Waals surface area contributed by atoms with Gasteiger partial charge in [0.25, 0.3) is 5.91 Å². The molecule has 1 aliphatic rings. The summed E-state index contributed by atoms with van der Waals surface area (Å²) < 4.78 is 32.2. The molecule has 1 heterocycles. The van der Waals surface area contributed by atoms with Crippen molar-refractivity contribution in [1.82, 2.24) is 4.90 Å². The van der Waals surface area contributed by atoms with Crippen molar-refractivity contribution < 1.29 is 17.4 Å². The molecule has 0 N–H and O–H groups in total. The third-order valence-electron chi connectivity index (χ3n) is 4.82. The molecule has 0 unspecified atom stereocenters. The molecule has 9 heteroatoms. The quantitative estimate of drug-likeness (QED) is 0.212. The van der Waals surface area contributed by atoms with Crippen LogP contribution in [0.2, 0.25) is 0 Å². The highest BCUT2D eigenvalue weighted by Gasteiger charge is 2.32. The van der Waals surface area contributed by atoms with Crippen LogP contribution < -0.4 is 4.18 Å². The van der Waals surface area contributed by atoms with Gasteiger partial charge in [-0.3, -0.25) is 9.69 Å². The molecule has 0 saturated carbocycles. The molecule has 4 rings (SSSR count). The summed E-state index contributed by atoms with van der Waals surface area (Å²) in [6.45, 7) is 2.24. The van der Waals surface area contributed by atoms with E-state index in [0.717, 1.165) is 11.1 Å². The molecule has 33 heavy (non-hydrogen) atoms. The molecule has 5 nitrogen and oxygen atoms in total. The van der Waals surface area contributed by atoms with E-state index in [9.17, 15) is 13.2 Å². The highest BCUT2D eigenvalue weighted by atomic mass is 79.9. The van der Waals surface area contributed by atoms with Crippen molar-refractivity contribution in [3.8, 4) is 5.75 Å². The molecule has 0 aliphatic carbocycles. The molecule has 0 atom stereocenters. The van der Waals surface area contributed by atoms with Crippen LogP contribution in [0, 0.1) is 6.92 Å². The van der Waals surface area contributed by atoms with Crippen LogP contribution in [0.4, 0.5) is 0 Å². The van der Waals surface area contributed by atoms with E-state index in [-0.39, 0.29) is 16.6 Å². The second kappa shape index (κ2) is 9.80. The van der Waals surface area contributed by atoms with Crippen molar-refractivity contribution in [2.75, 3.05) is 0 Å². The van der Waals surface area contributed by atoms with E-state index in [2.05, 4.69) is 15.9 Å². The lowest BCUT2D eigenvalue weighted by atomic mass is 10.2. The molecule has 168 valence electrons. The van der Waals surface area contributed by atoms with Gasteiger partial charge in [0.2, 0.25) is 0 Å². The van der Waals surface area contributed by atoms with E-state index in [1.807, 2.05) is 37.3 Å². The predicted molar refractivity (Wildman–Crippen MR) is 138 cm³/mol. The second-order valence-corrected chi connectivity index (χ2v) is 11.4. The minimum absolute atomic E-state index is 0.0520. The molecular formula is C24H18BrNO4S3. The zero-order valence-electron chi connectivity index (χ0n) is 17.4. The highest BCUT2D eigenvalue weighted by molar-refractivity contribution is 9.10. The predicted octanol–water partition coefficient (Wildman–Crippen LogP) is 5.93. The zero-order valence-corrected chi connectivity index (χ0v) is 21.4. The van der Waals surface area contributed by atoms with Gasteiger partial charge < -0.3 is 4.18 Å². The fourth-order valence-electron chi connectivity index (χ4n) is 3.12. The Balaban J connectivity index is 1.63. The Labute approximate surface area is 210 Å². The van der Waals surface area contributed by atoms with Crippen molar-refractivity contribution in [2.24, 2.45) is 0 Å². The van der Waals surface area contributed by atoms with E-state index >= 15 is 0 Å². The normalized spacial score (nSPS) is 15.3. The third-order valence-corrected chi connectivity index (χ3v) is 7.94. The average Bonchev–Trinajstić information content (AvgIpc) is 3.04. The fourth-order valence-corrected chi connectivity index (χ4v) is 5.70. The van der Waals surface area contributed by atoms with Crippen LogP contribution in [0.3, 0.4) is 0 Å². The fraction of sp³-hybridized carbons (Fsp3) is 0.0833. The Hall–Kier alpha value is -2.46. The van der Waals surface area contributed by atoms with Crippen molar-refractivity contribution in [2.45, 2.75) is 18.4 Å². The number of nitrogens with zero attached hydrogens (tertiary/aromatic N) is 1. The van der Waals surface area contributed by atoms with Gasteiger partial charge in [-0.15, -0.1) is 0 Å². The number of aryl methyl sites for hydroxylation is 1. The van der Waals surface area contributed by atoms with Crippen LogP contribution in [0.5, 0.6) is 5.75 Å². The summed E-state index contributed by atoms with van der Waals surface area (Å²) in [6, 6.07) is 20.9. The molecule has 1 fully saturated rings. The van der Waals surface area contributed by atoms with Crippen LogP contribution in [-0.2, 0) is 21.5 Å². The molecule has 0 spiro atoms. The first-order valence-electron chi connectivity index (χ1n) is 9.83. The molecule has 0 aromatic heterocycles. The summed E-state index contributed by atoms with van der Waals surface area (Å²) in [4.78, 5) is 15.0. The van der Waals surface area contributed by atoms with E-state index in [1.54, 1.807) is 36.4 Å². The smallest absolute Gasteiger partial charge is 0.339 e. The van der Waals surface area contributed by atoms with Crippen LogP contribution in [0.15, 0.2) is 87.1 Å². The largest absolute Gasteiger partial charge is 0.378 e. The molecule has 1 aliphatic heterocycles. The maximum atomic E-state index is 13.0. The van der Waals surface area contributed by atoms with Gasteiger partial charge in [-0.2, -0.15) is 8.42 Å². The SMILES string of the molecule is Cc1ccc(S(=O)(=O)Oc2ccc(Br)cc2C=C2SC(=S)N(Cc3ccccc3)C2=O)cc1. The van der Waals surface area contributed by atoms with Crippen LogP contribution in [0.25, 0.3) is 6.08 Å². The lowest BCUT2D eigenvalue weighted by Gasteiger charge is -2.14. The number of amides is 1. The Kier molecular flexibility index (Phi) is 7.04. The minimum Gasteiger partial charge on any atom is -0.378 e. The van der Waals surface area contributed by atoms with Gasteiger partial charge >= 0.3 is 10.1 Å². The third kappa shape index (κ3) is 5.55. The summed E-state index contributed by atoms with van der Waals surface area (Å²) in [5.74, 6) is -0.117. The van der Waals surface area contributed by atoms with E-state index < -0.39 is 10.1 Å². The second-order valence-electron chi connectivity index (χ2n) is 7.29. The van der Waals surface area contributed by atoms with Crippen molar-refractivity contribution in [3.63, 3.8) is 0 Å². The lowest BCUT2D eigenvalue weighted by Crippen LogP contribution is -2.27. The number of rotatable bonds is 6. The first kappa shape index (κ1) is 23.7. The Morgan fingerprint density at radius 2 is 1.76 bits per heavy atom. The van der Waals surface area contributed by atoms with Crippen LogP contribution >= 0.6 is 39.9 Å². The summed E-state index contributed by atoms with van der Waals surface area (Å²) in [5.41, 5.74) is 2.35. The average molecular weight is 561 g/mol. The van der Waals surface area contributed by atoms with E-state index in [1.165, 1.54) is 28.8 Å². The van der Waals surface area contributed by atoms with E-state index in [0.29, 0.717) is 25.8 Å². The molecular weight excluding hydrogens is 542 g/mol. The monoisotopic (exact) mass is 559 g/mol. The van der Waals surface area contributed by atoms with Gasteiger partial charge in [-0.1, -0.05) is 87.9 Å². The van der Waals surface area contributed by atoms with Gasteiger partial charge in [0.05, 0.1) is 11.4 Å². The van der Waals surface area contributed by atoms with Crippen LogP contribution in [-0.4, -0.2) is 23.5 Å². The summed E-state index contributed by atoms with van der Waals surface area (Å²) >= 11 is 10.00. The van der Waals surface area contributed by atoms with Gasteiger partial charge in [-0.05, 0) is 48.9 Å². The first-order chi connectivity index (χ1) is 15.7. The number of thiocarbonyl (C=S) groups is 1. The molecule has 1 saturated heterocycles. The standard InChI is InChI=1S/C24H18BrNO4S3/c1-16-7-10-20(11-8-16)33(28,29)30-21-12-9-19(25)13-18(21)14-22-23(27)26(24(31)32-22)15-17-5-3-2-4-6-17/h2-14H,15H2,1H3. The number of thioether (sulfide) groups is 1. The topological polar surface area (TPSA) is 63.7 Å². The number of carbonyl (C=O) groups excluding carboxylic acids is 1. The molecule has 1 amide bonds. The van der Waals surface area contributed by atoms with Gasteiger partial charge in [-0.25, -0.2) is 0 Å². The number of carbonyl (C=O) groups is 1. The molecule has 0 radical (unpaired) electrons. The molecule has 3 aromatic carbocycles. The van der Waals surface area contributed by atoms with Gasteiger partial charge in [0.1, 0.15) is 15.0 Å². The van der Waals surface area contributed by atoms with Gasteiger partial charge in [0.15, 0.2) is 0 Å². The number of hydrogen-bond donors (Lipinski definition) is 0. The Morgan fingerprint density at radius 3 is 2.45 bits per heavy atom. The Morgan fingerprint density at radius 1 is 1.06 bits per heavy atom. The van der Waals surface area contributed by atoms with E-state index in [4.69, 9.17) is 16.4 Å². The minimum atomic E-state index is -4.05. The number of halogens is 1. The number of benzene rings is 3. The molecule has 0 bridgehead atoms. The maximum Gasteiger partial charge on any atom is 0.339 e. The molecule has 3 aromatic rings. The zero-order chi connectivity index (χ0) is 23.6. The highest BCUT2D eigenvalue weighted by Crippen LogP contribution is 2.36. The summed E-state index contributed by atoms with van der Waals surface area (Å²) in [5, 5.41) is 0. The first-order valence-corrected chi connectivity index (χ1v) is 13.3. The van der Waals surface area contributed by atoms with Gasteiger partial charge in [0, 0.05) is 10.0 Å². The maximum absolute atomic E-state index is 13.0. The summed E-state index contributed by atoms with van der Waals surface area (Å²) in [7, 11) is -4.05. The van der Waals surface area contributed by atoms with Crippen molar-refractivity contribution in [3.05, 3.63) is 98.9 Å². The van der Waals surface area contributed by atoms with Crippen molar-refractivity contribution >= 4 is 66.3 Å². The number of hydrogen-bond acceptors (Lipinski definition) is 6. The van der Waals surface area contributed by atoms with Crippen molar-refractivity contribution in [1.29, 1.82) is 0 Å².